The van der Waals surface area contributed by atoms with Crippen molar-refractivity contribution in [2.45, 2.75) is 39.7 Å². The number of benzene rings is 1. The maximum atomic E-state index is 11.4. The van der Waals surface area contributed by atoms with E-state index < -0.39 is 6.10 Å². The van der Waals surface area contributed by atoms with Gasteiger partial charge in [0, 0.05) is 13.1 Å². The molecule has 0 aliphatic carbocycles. The van der Waals surface area contributed by atoms with Crippen molar-refractivity contribution in [3.05, 3.63) is 29.8 Å². The van der Waals surface area contributed by atoms with E-state index in [0.717, 1.165) is 24.4 Å². The van der Waals surface area contributed by atoms with Gasteiger partial charge in [-0.05, 0) is 44.5 Å². The lowest BCUT2D eigenvalue weighted by molar-refractivity contribution is -0.143. The fraction of sp³-hybridized carbons (Fsp3) is 0.611. The zero-order valence-electron chi connectivity index (χ0n) is 14.5. The number of hydrogen-bond acceptors (Lipinski definition) is 5. The van der Waals surface area contributed by atoms with Crippen molar-refractivity contribution in [1.29, 1.82) is 0 Å². The molecule has 0 radical (unpaired) electrons. The normalized spacial score (nSPS) is 12.2. The van der Waals surface area contributed by atoms with Gasteiger partial charge in [0.05, 0.1) is 25.7 Å². The van der Waals surface area contributed by atoms with Crippen LogP contribution in [0.15, 0.2) is 24.3 Å². The minimum atomic E-state index is -0.512. The maximum absolute atomic E-state index is 11.4. The van der Waals surface area contributed by atoms with Crippen molar-refractivity contribution in [2.24, 2.45) is 0 Å². The summed E-state index contributed by atoms with van der Waals surface area (Å²) >= 11 is 0. The molecule has 0 aliphatic rings. The fourth-order valence-corrected chi connectivity index (χ4v) is 2.33. The van der Waals surface area contributed by atoms with Crippen LogP contribution in [0, 0.1) is 0 Å². The highest BCUT2D eigenvalue weighted by atomic mass is 16.5. The second-order valence-corrected chi connectivity index (χ2v) is 5.30. The third-order valence-corrected chi connectivity index (χ3v) is 3.68. The Morgan fingerprint density at radius 1 is 1.13 bits per heavy atom. The van der Waals surface area contributed by atoms with Gasteiger partial charge in [-0.3, -0.25) is 4.79 Å². The first kappa shape index (κ1) is 19.5. The molecule has 5 heteroatoms. The van der Waals surface area contributed by atoms with E-state index in [1.54, 1.807) is 0 Å². The first-order valence-corrected chi connectivity index (χ1v) is 8.39. The predicted molar refractivity (Wildman–Crippen MR) is 90.6 cm³/mol. The summed E-state index contributed by atoms with van der Waals surface area (Å²) in [5.74, 6) is 0.645. The number of carbonyl (C=O) groups excluding carboxylic acids is 1. The van der Waals surface area contributed by atoms with E-state index in [-0.39, 0.29) is 5.97 Å². The second kappa shape index (κ2) is 11.0. The summed E-state index contributed by atoms with van der Waals surface area (Å²) in [6.45, 7) is 9.09. The molecule has 1 aromatic carbocycles. The van der Waals surface area contributed by atoms with E-state index in [0.29, 0.717) is 32.6 Å². The van der Waals surface area contributed by atoms with Gasteiger partial charge in [0.2, 0.25) is 0 Å². The van der Waals surface area contributed by atoms with Crippen LogP contribution < -0.4 is 4.74 Å². The predicted octanol–water partition coefficient (Wildman–Crippen LogP) is 2.78. The molecule has 0 heterocycles. The largest absolute Gasteiger partial charge is 0.494 e. The van der Waals surface area contributed by atoms with Gasteiger partial charge in [-0.2, -0.15) is 0 Å². The maximum Gasteiger partial charge on any atom is 0.307 e. The fourth-order valence-electron chi connectivity index (χ4n) is 2.33. The Balaban J connectivity index is 2.40. The van der Waals surface area contributed by atoms with Crippen LogP contribution in [-0.4, -0.2) is 48.8 Å². The monoisotopic (exact) mass is 323 g/mol. The Hall–Kier alpha value is -1.59. The standard InChI is InChI=1S/C18H29NO4/c1-4-19(14-12-18(21)23-6-3)13-11-17(20)15-7-9-16(10-8-15)22-5-2/h7-10,17,20H,4-6,11-14H2,1-3H3. The molecule has 5 nitrogen and oxygen atoms in total. The molecule has 0 aliphatic heterocycles. The van der Waals surface area contributed by atoms with E-state index in [1.807, 2.05) is 38.1 Å². The molecule has 0 spiro atoms. The second-order valence-electron chi connectivity index (χ2n) is 5.30. The Morgan fingerprint density at radius 3 is 2.39 bits per heavy atom. The molecule has 1 N–H and O–H groups in total. The third-order valence-electron chi connectivity index (χ3n) is 3.68. The molecule has 1 rings (SSSR count). The Labute approximate surface area is 139 Å². The van der Waals surface area contributed by atoms with Gasteiger partial charge in [0.15, 0.2) is 0 Å². The molecule has 0 aromatic heterocycles. The van der Waals surface area contributed by atoms with Crippen molar-refractivity contribution in [3.63, 3.8) is 0 Å². The van der Waals surface area contributed by atoms with Crippen LogP contribution >= 0.6 is 0 Å². The van der Waals surface area contributed by atoms with Crippen molar-refractivity contribution >= 4 is 5.97 Å². The lowest BCUT2D eigenvalue weighted by Gasteiger charge is -2.21. The van der Waals surface area contributed by atoms with Gasteiger partial charge in [0.25, 0.3) is 0 Å². The summed E-state index contributed by atoms with van der Waals surface area (Å²) in [7, 11) is 0. The molecule has 0 amide bonds. The zero-order valence-corrected chi connectivity index (χ0v) is 14.5. The molecule has 1 unspecified atom stereocenters. The number of ether oxygens (including phenoxy) is 2. The van der Waals surface area contributed by atoms with Gasteiger partial charge in [-0.1, -0.05) is 19.1 Å². The lowest BCUT2D eigenvalue weighted by Crippen LogP contribution is -2.28. The molecule has 130 valence electrons. The van der Waals surface area contributed by atoms with Gasteiger partial charge < -0.3 is 19.5 Å². The first-order chi connectivity index (χ1) is 11.1. The van der Waals surface area contributed by atoms with Crippen LogP contribution in [0.4, 0.5) is 0 Å². The minimum Gasteiger partial charge on any atom is -0.494 e. The number of hydrogen-bond donors (Lipinski definition) is 1. The van der Waals surface area contributed by atoms with Crippen LogP contribution in [0.1, 0.15) is 45.3 Å². The summed E-state index contributed by atoms with van der Waals surface area (Å²) in [5.41, 5.74) is 0.884. The van der Waals surface area contributed by atoms with Gasteiger partial charge in [-0.15, -0.1) is 0 Å². The number of carbonyl (C=O) groups is 1. The number of rotatable bonds is 11. The molecular formula is C18H29NO4. The van der Waals surface area contributed by atoms with E-state index in [4.69, 9.17) is 9.47 Å². The van der Waals surface area contributed by atoms with E-state index in [9.17, 15) is 9.90 Å². The van der Waals surface area contributed by atoms with Crippen LogP contribution in [0.3, 0.4) is 0 Å². The Morgan fingerprint density at radius 2 is 1.83 bits per heavy atom. The highest BCUT2D eigenvalue weighted by Crippen LogP contribution is 2.20. The minimum absolute atomic E-state index is 0.169. The third kappa shape index (κ3) is 7.48. The van der Waals surface area contributed by atoms with E-state index >= 15 is 0 Å². The van der Waals surface area contributed by atoms with Gasteiger partial charge >= 0.3 is 5.97 Å². The summed E-state index contributed by atoms with van der Waals surface area (Å²) in [6, 6.07) is 7.54. The Kier molecular flexibility index (Phi) is 9.33. The molecule has 0 saturated heterocycles. The van der Waals surface area contributed by atoms with Crippen molar-refractivity contribution in [1.82, 2.24) is 4.90 Å². The summed E-state index contributed by atoms with van der Waals surface area (Å²) < 4.78 is 10.3. The molecular weight excluding hydrogens is 294 g/mol. The van der Waals surface area contributed by atoms with Gasteiger partial charge in [0.1, 0.15) is 5.75 Å². The topological polar surface area (TPSA) is 59.0 Å². The van der Waals surface area contributed by atoms with E-state index in [1.165, 1.54) is 0 Å². The summed E-state index contributed by atoms with van der Waals surface area (Å²) in [5, 5.41) is 10.3. The molecule has 1 atom stereocenters. The Bertz CT molecular complexity index is 447. The highest BCUT2D eigenvalue weighted by molar-refractivity contribution is 5.69. The summed E-state index contributed by atoms with van der Waals surface area (Å²) in [4.78, 5) is 13.5. The SMILES string of the molecule is CCOC(=O)CCN(CC)CCC(O)c1ccc(OCC)cc1. The molecule has 23 heavy (non-hydrogen) atoms. The zero-order chi connectivity index (χ0) is 17.1. The first-order valence-electron chi connectivity index (χ1n) is 8.39. The number of esters is 1. The van der Waals surface area contributed by atoms with Gasteiger partial charge in [-0.25, -0.2) is 0 Å². The average molecular weight is 323 g/mol. The highest BCUT2D eigenvalue weighted by Gasteiger charge is 2.12. The molecule has 0 bridgehead atoms. The number of nitrogens with zero attached hydrogens (tertiary/aromatic N) is 1. The van der Waals surface area contributed by atoms with Crippen LogP contribution in [0.25, 0.3) is 0 Å². The van der Waals surface area contributed by atoms with Crippen molar-refractivity contribution in [2.75, 3.05) is 32.8 Å². The van der Waals surface area contributed by atoms with Crippen LogP contribution in [0.5, 0.6) is 5.75 Å². The van der Waals surface area contributed by atoms with E-state index in [2.05, 4.69) is 11.8 Å². The molecule has 0 saturated carbocycles. The van der Waals surface area contributed by atoms with Crippen LogP contribution in [-0.2, 0) is 9.53 Å². The van der Waals surface area contributed by atoms with Crippen molar-refractivity contribution in [3.8, 4) is 5.75 Å². The molecule has 1 aromatic rings. The lowest BCUT2D eigenvalue weighted by atomic mass is 10.1. The van der Waals surface area contributed by atoms with Crippen molar-refractivity contribution < 1.29 is 19.4 Å². The molecule has 0 fully saturated rings. The summed E-state index contributed by atoms with van der Waals surface area (Å²) in [6.07, 6.45) is 0.508. The smallest absolute Gasteiger partial charge is 0.307 e. The number of aliphatic hydroxyl groups excluding tert-OH is 1. The average Bonchev–Trinajstić information content (AvgIpc) is 2.56. The number of aliphatic hydroxyl groups is 1. The quantitative estimate of drug-likeness (QED) is 0.635. The van der Waals surface area contributed by atoms with Crippen LogP contribution in [0.2, 0.25) is 0 Å².